The van der Waals surface area contributed by atoms with E-state index in [1.807, 2.05) is 0 Å². The average molecular weight is 333 g/mol. The summed E-state index contributed by atoms with van der Waals surface area (Å²) in [6, 6.07) is 2.49. The molecule has 2 saturated heterocycles. The van der Waals surface area contributed by atoms with E-state index in [1.54, 1.807) is 0 Å². The first-order chi connectivity index (χ1) is 10.5. The maximum atomic E-state index is 13.8. The summed E-state index contributed by atoms with van der Waals surface area (Å²) in [5.74, 6) is -1.95. The number of hydrogen-bond donors (Lipinski definition) is 0. The van der Waals surface area contributed by atoms with Gasteiger partial charge in [0.25, 0.3) is 0 Å². The van der Waals surface area contributed by atoms with E-state index in [2.05, 4.69) is 0 Å². The van der Waals surface area contributed by atoms with Crippen molar-refractivity contribution in [3.8, 4) is 0 Å². The van der Waals surface area contributed by atoms with Gasteiger partial charge in [0.2, 0.25) is 10.0 Å². The van der Waals surface area contributed by atoms with Crippen LogP contribution in [-0.4, -0.2) is 45.3 Å². The topological polar surface area (TPSA) is 55.8 Å². The number of piperidine rings is 1. The van der Waals surface area contributed by atoms with E-state index in [0.717, 1.165) is 18.6 Å². The van der Waals surface area contributed by atoms with E-state index in [4.69, 9.17) is 9.47 Å². The van der Waals surface area contributed by atoms with Crippen molar-refractivity contribution in [3.63, 3.8) is 0 Å². The van der Waals surface area contributed by atoms with Crippen LogP contribution in [0, 0.1) is 17.6 Å². The Morgan fingerprint density at radius 3 is 2.59 bits per heavy atom. The molecule has 5 nitrogen and oxygen atoms in total. The lowest BCUT2D eigenvalue weighted by atomic mass is 9.99. The van der Waals surface area contributed by atoms with Gasteiger partial charge in [-0.2, -0.15) is 4.31 Å². The van der Waals surface area contributed by atoms with Crippen LogP contribution in [0.25, 0.3) is 0 Å². The predicted molar refractivity (Wildman–Crippen MR) is 73.5 cm³/mol. The van der Waals surface area contributed by atoms with Crippen molar-refractivity contribution in [2.24, 2.45) is 5.92 Å². The van der Waals surface area contributed by atoms with Crippen LogP contribution in [0.1, 0.15) is 12.8 Å². The van der Waals surface area contributed by atoms with Crippen LogP contribution in [0.15, 0.2) is 23.1 Å². The van der Waals surface area contributed by atoms with Crippen LogP contribution in [0.4, 0.5) is 8.78 Å². The van der Waals surface area contributed by atoms with Crippen molar-refractivity contribution in [3.05, 3.63) is 29.8 Å². The van der Waals surface area contributed by atoms with Crippen LogP contribution in [0.5, 0.6) is 0 Å². The van der Waals surface area contributed by atoms with Crippen LogP contribution in [0.3, 0.4) is 0 Å². The van der Waals surface area contributed by atoms with Gasteiger partial charge in [-0.05, 0) is 25.0 Å². The third-order valence-electron chi connectivity index (χ3n) is 3.96. The monoisotopic (exact) mass is 333 g/mol. The summed E-state index contributed by atoms with van der Waals surface area (Å²) in [4.78, 5) is -0.497. The molecule has 2 aliphatic heterocycles. The summed E-state index contributed by atoms with van der Waals surface area (Å²) in [6.07, 6.45) is 1.04. The lowest BCUT2D eigenvalue weighted by Crippen LogP contribution is -2.44. The zero-order valence-electron chi connectivity index (χ0n) is 11.9. The first-order valence-corrected chi connectivity index (χ1v) is 8.61. The lowest BCUT2D eigenvalue weighted by Gasteiger charge is -2.33. The number of sulfonamides is 1. The molecule has 8 heteroatoms. The van der Waals surface area contributed by atoms with Crippen molar-refractivity contribution in [1.82, 2.24) is 4.31 Å². The van der Waals surface area contributed by atoms with Gasteiger partial charge in [-0.1, -0.05) is 0 Å². The molecule has 3 rings (SSSR count). The Bertz CT molecular complexity index is 646. The quantitative estimate of drug-likeness (QED) is 0.845. The van der Waals surface area contributed by atoms with E-state index in [0.29, 0.717) is 32.2 Å². The minimum Gasteiger partial charge on any atom is -0.350 e. The Morgan fingerprint density at radius 1 is 1.18 bits per heavy atom. The molecular formula is C14H17F2NO4S. The van der Waals surface area contributed by atoms with E-state index in [1.165, 1.54) is 4.31 Å². The number of nitrogens with zero attached hydrogens (tertiary/aromatic N) is 1. The lowest BCUT2D eigenvalue weighted by molar-refractivity contribution is -0.0940. The molecule has 0 saturated carbocycles. The van der Waals surface area contributed by atoms with Crippen molar-refractivity contribution in [1.29, 1.82) is 0 Å². The Kier molecular flexibility index (Phi) is 4.44. The van der Waals surface area contributed by atoms with Crippen molar-refractivity contribution >= 4 is 10.0 Å². The van der Waals surface area contributed by atoms with Crippen LogP contribution < -0.4 is 0 Å². The highest BCUT2D eigenvalue weighted by Crippen LogP contribution is 2.29. The smallest absolute Gasteiger partial charge is 0.245 e. The fourth-order valence-electron chi connectivity index (χ4n) is 2.89. The van der Waals surface area contributed by atoms with E-state index < -0.39 is 32.8 Å². The minimum atomic E-state index is -3.99. The maximum absolute atomic E-state index is 13.8. The Labute approximate surface area is 127 Å². The SMILES string of the molecule is O=S(=O)(c1ccc(F)cc1F)N1CCCC(C2OCCO2)C1. The van der Waals surface area contributed by atoms with Crippen LogP contribution in [0.2, 0.25) is 0 Å². The van der Waals surface area contributed by atoms with Gasteiger partial charge >= 0.3 is 0 Å². The highest BCUT2D eigenvalue weighted by molar-refractivity contribution is 7.89. The molecular weight excluding hydrogens is 316 g/mol. The van der Waals surface area contributed by atoms with Gasteiger partial charge in [-0.15, -0.1) is 0 Å². The van der Waals surface area contributed by atoms with Gasteiger partial charge in [0.1, 0.15) is 16.5 Å². The van der Waals surface area contributed by atoms with E-state index in [-0.39, 0.29) is 12.5 Å². The fraction of sp³-hybridized carbons (Fsp3) is 0.571. The summed E-state index contributed by atoms with van der Waals surface area (Å²) < 4.78 is 64.0. The molecule has 122 valence electrons. The first kappa shape index (κ1) is 15.8. The van der Waals surface area contributed by atoms with Gasteiger partial charge in [-0.3, -0.25) is 0 Å². The van der Waals surface area contributed by atoms with Crippen LogP contribution >= 0.6 is 0 Å². The van der Waals surface area contributed by atoms with Crippen molar-refractivity contribution < 1.29 is 26.7 Å². The Hall–Kier alpha value is -1.09. The van der Waals surface area contributed by atoms with Gasteiger partial charge in [0.15, 0.2) is 6.29 Å². The standard InChI is InChI=1S/C14H17F2NO4S/c15-11-3-4-13(12(16)8-11)22(18,19)17-5-1-2-10(9-17)14-20-6-7-21-14/h3-4,8,10,14H,1-2,5-7,9H2. The molecule has 1 aromatic rings. The number of benzene rings is 1. The normalized spacial score (nSPS) is 24.7. The second kappa shape index (κ2) is 6.19. The molecule has 1 unspecified atom stereocenters. The molecule has 2 heterocycles. The van der Waals surface area contributed by atoms with Crippen molar-refractivity contribution in [2.75, 3.05) is 26.3 Å². The molecule has 2 fully saturated rings. The Balaban J connectivity index is 1.82. The third kappa shape index (κ3) is 3.01. The molecule has 1 aromatic carbocycles. The van der Waals surface area contributed by atoms with E-state index >= 15 is 0 Å². The highest BCUT2D eigenvalue weighted by Gasteiger charge is 2.37. The summed E-state index contributed by atoms with van der Waals surface area (Å²) in [6.45, 7) is 1.52. The number of ether oxygens (including phenoxy) is 2. The van der Waals surface area contributed by atoms with Gasteiger partial charge in [0, 0.05) is 25.1 Å². The zero-order valence-corrected chi connectivity index (χ0v) is 12.7. The van der Waals surface area contributed by atoms with Gasteiger partial charge < -0.3 is 9.47 Å². The van der Waals surface area contributed by atoms with Gasteiger partial charge in [-0.25, -0.2) is 17.2 Å². The number of hydrogen-bond acceptors (Lipinski definition) is 4. The molecule has 0 spiro atoms. The first-order valence-electron chi connectivity index (χ1n) is 7.17. The maximum Gasteiger partial charge on any atom is 0.245 e. The zero-order chi connectivity index (χ0) is 15.7. The Morgan fingerprint density at radius 2 is 1.91 bits per heavy atom. The second-order valence-corrected chi connectivity index (χ2v) is 7.36. The molecule has 0 N–H and O–H groups in total. The molecule has 2 aliphatic rings. The molecule has 0 aromatic heterocycles. The molecule has 0 bridgehead atoms. The molecule has 22 heavy (non-hydrogen) atoms. The molecule has 0 aliphatic carbocycles. The molecule has 0 amide bonds. The highest BCUT2D eigenvalue weighted by atomic mass is 32.2. The summed E-state index contributed by atoms with van der Waals surface area (Å²) >= 11 is 0. The predicted octanol–water partition coefficient (Wildman–Crippen LogP) is 1.74. The summed E-state index contributed by atoms with van der Waals surface area (Å²) in [5.41, 5.74) is 0. The number of halogens is 2. The second-order valence-electron chi connectivity index (χ2n) is 5.45. The average Bonchev–Trinajstić information content (AvgIpc) is 3.01. The molecule has 0 radical (unpaired) electrons. The van der Waals surface area contributed by atoms with Crippen LogP contribution in [-0.2, 0) is 19.5 Å². The number of rotatable bonds is 3. The third-order valence-corrected chi connectivity index (χ3v) is 5.86. The summed E-state index contributed by atoms with van der Waals surface area (Å²) in [7, 11) is -3.99. The van der Waals surface area contributed by atoms with E-state index in [9.17, 15) is 17.2 Å². The van der Waals surface area contributed by atoms with Crippen molar-refractivity contribution in [2.45, 2.75) is 24.0 Å². The minimum absolute atomic E-state index is 0.0745. The summed E-state index contributed by atoms with van der Waals surface area (Å²) in [5, 5.41) is 0. The van der Waals surface area contributed by atoms with Gasteiger partial charge in [0.05, 0.1) is 13.2 Å². The largest absolute Gasteiger partial charge is 0.350 e. The fourth-order valence-corrected chi connectivity index (χ4v) is 4.47. The molecule has 1 atom stereocenters.